The molecule has 0 bridgehead atoms. The van der Waals surface area contributed by atoms with Gasteiger partial charge in [-0.05, 0) is 38.6 Å². The van der Waals surface area contributed by atoms with Crippen LogP contribution in [0, 0.1) is 0 Å². The van der Waals surface area contributed by atoms with E-state index in [2.05, 4.69) is 48.5 Å². The number of esters is 1. The summed E-state index contributed by atoms with van der Waals surface area (Å²) in [6.07, 6.45) is -0.807. The van der Waals surface area contributed by atoms with Crippen LogP contribution in [0.2, 0.25) is 0 Å². The Kier molecular flexibility index (Phi) is 3.78. The van der Waals surface area contributed by atoms with Crippen LogP contribution in [0.3, 0.4) is 0 Å². The summed E-state index contributed by atoms with van der Waals surface area (Å²) in [5.74, 6) is -0.645. The van der Waals surface area contributed by atoms with Crippen molar-refractivity contribution in [2.45, 2.75) is 19.1 Å². The molecule has 4 nitrogen and oxygen atoms in total. The van der Waals surface area contributed by atoms with Crippen molar-refractivity contribution in [3.8, 4) is 0 Å². The average molecular weight is 405 g/mol. The van der Waals surface area contributed by atoms with Crippen LogP contribution in [0.25, 0.3) is 32.3 Å². The van der Waals surface area contributed by atoms with Gasteiger partial charge in [0.1, 0.15) is 6.04 Å². The van der Waals surface area contributed by atoms with Crippen molar-refractivity contribution in [2.75, 3.05) is 4.90 Å². The summed E-state index contributed by atoms with van der Waals surface area (Å²) in [5, 5.41) is 6.89. The molecule has 31 heavy (non-hydrogen) atoms. The van der Waals surface area contributed by atoms with Crippen molar-refractivity contribution >= 4 is 49.9 Å². The van der Waals surface area contributed by atoms with Gasteiger partial charge in [-0.3, -0.25) is 14.5 Å². The first-order valence-electron chi connectivity index (χ1n) is 10.4. The van der Waals surface area contributed by atoms with Gasteiger partial charge in [-0.15, -0.1) is 0 Å². The summed E-state index contributed by atoms with van der Waals surface area (Å²) >= 11 is 0. The number of amides is 1. The zero-order chi connectivity index (χ0) is 21.1. The summed E-state index contributed by atoms with van der Waals surface area (Å²) in [5.41, 5.74) is 1.78. The number of β-lactam (4-membered cyclic amide) rings is 1. The Morgan fingerprint density at radius 1 is 0.774 bits per heavy atom. The topological polar surface area (TPSA) is 46.6 Å². The van der Waals surface area contributed by atoms with E-state index >= 15 is 0 Å². The van der Waals surface area contributed by atoms with E-state index in [1.807, 2.05) is 36.4 Å². The standard InChI is InChI=1S/C27H19NO3/c1-16(29)31-26-25(20-6-3-2-4-7-20)28(27(26)30)22-15-13-19-11-10-17-8-5-9-18-12-14-21(22)24(19)23(17)18/h2-15,25-26H,1H3/t25-,26-/m1/s1. The highest BCUT2D eigenvalue weighted by molar-refractivity contribution is 6.26. The molecule has 1 fully saturated rings. The van der Waals surface area contributed by atoms with E-state index in [-0.39, 0.29) is 11.9 Å². The number of anilines is 1. The molecule has 1 heterocycles. The highest BCUT2D eigenvalue weighted by Gasteiger charge is 2.51. The largest absolute Gasteiger partial charge is 0.450 e. The molecule has 6 rings (SSSR count). The van der Waals surface area contributed by atoms with Gasteiger partial charge in [-0.1, -0.05) is 78.9 Å². The zero-order valence-electron chi connectivity index (χ0n) is 16.9. The summed E-state index contributed by atoms with van der Waals surface area (Å²) < 4.78 is 5.41. The van der Waals surface area contributed by atoms with Gasteiger partial charge < -0.3 is 4.74 Å². The van der Waals surface area contributed by atoms with Gasteiger partial charge in [0.15, 0.2) is 0 Å². The molecule has 0 aromatic heterocycles. The van der Waals surface area contributed by atoms with Gasteiger partial charge in [0.05, 0.1) is 5.69 Å². The Balaban J connectivity index is 1.58. The quantitative estimate of drug-likeness (QED) is 0.223. The van der Waals surface area contributed by atoms with Gasteiger partial charge in [-0.25, -0.2) is 0 Å². The molecule has 4 heteroatoms. The van der Waals surface area contributed by atoms with E-state index < -0.39 is 12.1 Å². The highest BCUT2D eigenvalue weighted by Crippen LogP contribution is 2.46. The van der Waals surface area contributed by atoms with Crippen molar-refractivity contribution in [1.29, 1.82) is 0 Å². The lowest BCUT2D eigenvalue weighted by Crippen LogP contribution is -2.60. The predicted molar refractivity (Wildman–Crippen MR) is 122 cm³/mol. The van der Waals surface area contributed by atoms with Crippen LogP contribution in [0.4, 0.5) is 5.69 Å². The fourth-order valence-corrected chi connectivity index (χ4v) is 4.93. The second kappa shape index (κ2) is 6.54. The second-order valence-electron chi connectivity index (χ2n) is 8.03. The first-order valence-corrected chi connectivity index (χ1v) is 10.4. The number of hydrogen-bond donors (Lipinski definition) is 0. The number of benzene rings is 5. The lowest BCUT2D eigenvalue weighted by Gasteiger charge is -2.46. The first kappa shape index (κ1) is 17.9. The number of ether oxygens (including phenoxy) is 1. The number of rotatable bonds is 3. The van der Waals surface area contributed by atoms with Crippen LogP contribution in [-0.4, -0.2) is 18.0 Å². The number of hydrogen-bond acceptors (Lipinski definition) is 3. The molecule has 0 unspecified atom stereocenters. The third-order valence-corrected chi connectivity index (χ3v) is 6.24. The van der Waals surface area contributed by atoms with E-state index in [0.717, 1.165) is 27.4 Å². The SMILES string of the molecule is CC(=O)O[C@H]1C(=O)N(c2ccc3ccc4cccc5ccc2c3c45)[C@@H]1c1ccccc1. The molecule has 5 aromatic rings. The number of carbonyl (C=O) groups excluding carboxylic acids is 2. The van der Waals surface area contributed by atoms with Crippen LogP contribution in [-0.2, 0) is 14.3 Å². The lowest BCUT2D eigenvalue weighted by molar-refractivity contribution is -0.160. The van der Waals surface area contributed by atoms with Crippen molar-refractivity contribution in [3.05, 3.63) is 90.5 Å². The zero-order valence-corrected chi connectivity index (χ0v) is 16.9. The molecule has 0 aliphatic carbocycles. The van der Waals surface area contributed by atoms with E-state index in [1.165, 1.54) is 23.1 Å². The van der Waals surface area contributed by atoms with Gasteiger partial charge in [0.25, 0.3) is 5.91 Å². The Labute approximate surface area is 179 Å². The smallest absolute Gasteiger partial charge is 0.303 e. The maximum absolute atomic E-state index is 13.2. The molecule has 1 aliphatic heterocycles. The minimum Gasteiger partial charge on any atom is -0.450 e. The number of nitrogens with zero attached hydrogens (tertiary/aromatic N) is 1. The fourth-order valence-electron chi connectivity index (χ4n) is 4.93. The molecule has 0 saturated carbocycles. The lowest BCUT2D eigenvalue weighted by atomic mass is 9.87. The molecular weight excluding hydrogens is 386 g/mol. The molecular formula is C27H19NO3. The third-order valence-electron chi connectivity index (χ3n) is 6.24. The van der Waals surface area contributed by atoms with Gasteiger partial charge in [0, 0.05) is 12.3 Å². The Hall–Kier alpha value is -3.92. The van der Waals surface area contributed by atoms with Crippen LogP contribution in [0.5, 0.6) is 0 Å². The maximum atomic E-state index is 13.2. The van der Waals surface area contributed by atoms with E-state index in [0.29, 0.717) is 0 Å². The molecule has 150 valence electrons. The van der Waals surface area contributed by atoms with Crippen molar-refractivity contribution in [3.63, 3.8) is 0 Å². The van der Waals surface area contributed by atoms with Crippen LogP contribution >= 0.6 is 0 Å². The van der Waals surface area contributed by atoms with Gasteiger partial charge in [-0.2, -0.15) is 0 Å². The predicted octanol–water partition coefficient (Wildman–Crippen LogP) is 5.60. The van der Waals surface area contributed by atoms with Crippen LogP contribution in [0.15, 0.2) is 84.9 Å². The molecule has 1 aliphatic rings. The summed E-state index contributed by atoms with van der Waals surface area (Å²) in [6, 6.07) is 28.2. The molecule has 5 aromatic carbocycles. The molecule has 0 N–H and O–H groups in total. The number of carbonyl (C=O) groups is 2. The van der Waals surface area contributed by atoms with Gasteiger partial charge in [0.2, 0.25) is 6.10 Å². The van der Waals surface area contributed by atoms with Gasteiger partial charge >= 0.3 is 5.97 Å². The molecule has 0 spiro atoms. The van der Waals surface area contributed by atoms with Crippen LogP contribution in [0.1, 0.15) is 18.5 Å². The Morgan fingerprint density at radius 2 is 1.42 bits per heavy atom. The summed E-state index contributed by atoms with van der Waals surface area (Å²) in [6.45, 7) is 1.34. The van der Waals surface area contributed by atoms with Crippen molar-refractivity contribution < 1.29 is 14.3 Å². The minimum absolute atomic E-state index is 0.195. The van der Waals surface area contributed by atoms with Crippen molar-refractivity contribution in [1.82, 2.24) is 0 Å². The third kappa shape index (κ3) is 2.55. The fraction of sp³-hybridized carbons (Fsp3) is 0.111. The van der Waals surface area contributed by atoms with E-state index in [1.54, 1.807) is 4.90 Å². The molecule has 1 amide bonds. The Morgan fingerprint density at radius 3 is 2.13 bits per heavy atom. The van der Waals surface area contributed by atoms with E-state index in [4.69, 9.17) is 4.74 Å². The average Bonchev–Trinajstić information content (AvgIpc) is 2.80. The second-order valence-corrected chi connectivity index (χ2v) is 8.03. The van der Waals surface area contributed by atoms with Crippen LogP contribution < -0.4 is 4.90 Å². The first-order chi connectivity index (χ1) is 15.1. The summed E-state index contributed by atoms with van der Waals surface area (Å²) in [7, 11) is 0. The normalized spacial score (nSPS) is 18.6. The Bertz CT molecular complexity index is 1460. The van der Waals surface area contributed by atoms with E-state index in [9.17, 15) is 9.59 Å². The van der Waals surface area contributed by atoms with Crippen molar-refractivity contribution in [2.24, 2.45) is 0 Å². The monoisotopic (exact) mass is 405 g/mol. The molecule has 1 saturated heterocycles. The maximum Gasteiger partial charge on any atom is 0.303 e. The molecule has 0 radical (unpaired) electrons. The summed E-state index contributed by atoms with van der Waals surface area (Å²) in [4.78, 5) is 26.6. The minimum atomic E-state index is -0.807. The molecule has 2 atom stereocenters. The highest BCUT2D eigenvalue weighted by atomic mass is 16.6.